The van der Waals surface area contributed by atoms with Crippen LogP contribution in [0.1, 0.15) is 46.6 Å². The van der Waals surface area contributed by atoms with Crippen molar-refractivity contribution < 1.29 is 14.0 Å². The number of fused-ring (bicyclic) bond motifs is 1. The van der Waals surface area contributed by atoms with Crippen LogP contribution in [0.25, 0.3) is 0 Å². The summed E-state index contributed by atoms with van der Waals surface area (Å²) in [5, 5.41) is 2.06. The van der Waals surface area contributed by atoms with Gasteiger partial charge in [0.25, 0.3) is 0 Å². The fourth-order valence-corrected chi connectivity index (χ4v) is 3.96. The molecule has 0 unspecified atom stereocenters. The van der Waals surface area contributed by atoms with Crippen LogP contribution in [0.2, 0.25) is 0 Å². The van der Waals surface area contributed by atoms with Crippen molar-refractivity contribution in [1.29, 1.82) is 0 Å². The molecule has 0 saturated carbocycles. The predicted molar refractivity (Wildman–Crippen MR) is 88.1 cm³/mol. The van der Waals surface area contributed by atoms with Gasteiger partial charge in [0.05, 0.1) is 6.04 Å². The van der Waals surface area contributed by atoms with Crippen LogP contribution in [-0.4, -0.2) is 23.1 Å². The smallest absolute Gasteiger partial charge is 0.223 e. The molecule has 3 nitrogen and oxygen atoms in total. The molecule has 1 aromatic heterocycles. The summed E-state index contributed by atoms with van der Waals surface area (Å²) in [6.07, 6.45) is 1.24. The van der Waals surface area contributed by atoms with Crippen molar-refractivity contribution >= 4 is 23.0 Å². The molecular formula is C18H18FNO2S. The van der Waals surface area contributed by atoms with Crippen LogP contribution in [0, 0.1) is 5.82 Å². The zero-order valence-corrected chi connectivity index (χ0v) is 13.7. The van der Waals surface area contributed by atoms with Gasteiger partial charge in [-0.1, -0.05) is 0 Å². The highest BCUT2D eigenvalue weighted by Gasteiger charge is 2.28. The molecule has 1 amide bonds. The largest absolute Gasteiger partial charge is 0.336 e. The Balaban J connectivity index is 1.59. The number of benzene rings is 1. The quantitative estimate of drug-likeness (QED) is 0.794. The molecule has 0 aliphatic carbocycles. The maximum Gasteiger partial charge on any atom is 0.223 e. The number of Topliss-reactive ketones (excluding diaryl/α,β-unsaturated/α-hetero) is 1. The van der Waals surface area contributed by atoms with E-state index in [1.54, 1.807) is 11.3 Å². The first-order chi connectivity index (χ1) is 11.1. The van der Waals surface area contributed by atoms with Crippen molar-refractivity contribution in [2.75, 3.05) is 6.54 Å². The Morgan fingerprint density at radius 3 is 2.70 bits per heavy atom. The minimum atomic E-state index is -0.369. The van der Waals surface area contributed by atoms with Crippen LogP contribution in [0.5, 0.6) is 0 Å². The Hall–Kier alpha value is -2.01. The normalized spacial score (nSPS) is 17.0. The second kappa shape index (κ2) is 6.62. The first-order valence-corrected chi connectivity index (χ1v) is 8.58. The van der Waals surface area contributed by atoms with Crippen molar-refractivity contribution in [2.24, 2.45) is 0 Å². The molecule has 0 radical (unpaired) electrons. The van der Waals surface area contributed by atoms with Crippen LogP contribution < -0.4 is 0 Å². The van der Waals surface area contributed by atoms with Gasteiger partial charge in [0.15, 0.2) is 5.78 Å². The van der Waals surface area contributed by atoms with Crippen LogP contribution in [0.3, 0.4) is 0 Å². The van der Waals surface area contributed by atoms with Crippen LogP contribution >= 0.6 is 11.3 Å². The first-order valence-electron chi connectivity index (χ1n) is 7.71. The van der Waals surface area contributed by atoms with Crippen molar-refractivity contribution in [2.45, 2.75) is 32.2 Å². The fourth-order valence-electron chi connectivity index (χ4n) is 2.99. The summed E-state index contributed by atoms with van der Waals surface area (Å²) >= 11 is 1.74. The summed E-state index contributed by atoms with van der Waals surface area (Å²) in [6, 6.07) is 7.60. The Kier molecular flexibility index (Phi) is 4.57. The number of rotatable bonds is 4. The topological polar surface area (TPSA) is 37.4 Å². The lowest BCUT2D eigenvalue weighted by atomic mass is 10.00. The first kappa shape index (κ1) is 15.9. The average Bonchev–Trinajstić information content (AvgIpc) is 3.03. The number of nitrogens with zero attached hydrogens (tertiary/aromatic N) is 1. The lowest BCUT2D eigenvalue weighted by molar-refractivity contribution is -0.133. The van der Waals surface area contributed by atoms with Crippen molar-refractivity contribution in [3.05, 3.63) is 57.5 Å². The molecule has 3 rings (SSSR count). The average molecular weight is 331 g/mol. The van der Waals surface area contributed by atoms with Gasteiger partial charge in [0.1, 0.15) is 5.82 Å². The molecule has 23 heavy (non-hydrogen) atoms. The molecule has 2 aromatic rings. The van der Waals surface area contributed by atoms with Crippen LogP contribution in [0.15, 0.2) is 35.7 Å². The van der Waals surface area contributed by atoms with Gasteiger partial charge >= 0.3 is 0 Å². The summed E-state index contributed by atoms with van der Waals surface area (Å²) in [4.78, 5) is 27.7. The molecule has 0 N–H and O–H groups in total. The van der Waals surface area contributed by atoms with E-state index in [0.717, 1.165) is 6.42 Å². The Bertz CT molecular complexity index is 723. The summed E-state index contributed by atoms with van der Waals surface area (Å²) < 4.78 is 12.9. The SMILES string of the molecule is C[C@H]1c2ccsc2CCN1C(=O)CCC(=O)c1ccc(F)cc1. The summed E-state index contributed by atoms with van der Waals surface area (Å²) in [5.74, 6) is -0.490. The molecule has 1 aliphatic rings. The van der Waals surface area contributed by atoms with E-state index in [1.807, 2.05) is 11.8 Å². The highest BCUT2D eigenvalue weighted by Crippen LogP contribution is 2.33. The van der Waals surface area contributed by atoms with Gasteiger partial charge in [-0.15, -0.1) is 11.3 Å². The highest BCUT2D eigenvalue weighted by atomic mass is 32.1. The minimum Gasteiger partial charge on any atom is -0.336 e. The van der Waals surface area contributed by atoms with E-state index >= 15 is 0 Å². The van der Waals surface area contributed by atoms with E-state index in [4.69, 9.17) is 0 Å². The zero-order valence-electron chi connectivity index (χ0n) is 12.9. The van der Waals surface area contributed by atoms with Crippen molar-refractivity contribution in [3.8, 4) is 0 Å². The molecule has 5 heteroatoms. The van der Waals surface area contributed by atoms with Gasteiger partial charge in [-0.2, -0.15) is 0 Å². The monoisotopic (exact) mass is 331 g/mol. The number of carbonyl (C=O) groups excluding carboxylic acids is 2. The molecule has 1 aromatic carbocycles. The van der Waals surface area contributed by atoms with Gasteiger partial charge in [-0.25, -0.2) is 4.39 Å². The second-order valence-corrected chi connectivity index (χ2v) is 6.74. The highest BCUT2D eigenvalue weighted by molar-refractivity contribution is 7.10. The van der Waals surface area contributed by atoms with E-state index in [9.17, 15) is 14.0 Å². The molecule has 2 heterocycles. The van der Waals surface area contributed by atoms with Crippen LogP contribution in [0.4, 0.5) is 4.39 Å². The molecular weight excluding hydrogens is 313 g/mol. The summed E-state index contributed by atoms with van der Waals surface area (Å²) in [5.41, 5.74) is 1.67. The number of thiophene rings is 1. The maximum atomic E-state index is 12.9. The van der Waals surface area contributed by atoms with Gasteiger partial charge in [0, 0.05) is 29.8 Å². The maximum absolute atomic E-state index is 12.9. The standard InChI is InChI=1S/C18H18FNO2S/c1-12-15-9-11-23-17(15)8-10-20(12)18(22)7-6-16(21)13-2-4-14(19)5-3-13/h2-5,9,11-12H,6-8,10H2,1H3/t12-/m0/s1. The molecule has 0 saturated heterocycles. The van der Waals surface area contributed by atoms with E-state index in [2.05, 4.69) is 11.4 Å². The fraction of sp³-hybridized carbons (Fsp3) is 0.333. The van der Waals surface area contributed by atoms with Gasteiger partial charge in [-0.05, 0) is 54.6 Å². The Morgan fingerprint density at radius 2 is 1.96 bits per heavy atom. The molecule has 0 fully saturated rings. The van der Waals surface area contributed by atoms with E-state index in [0.29, 0.717) is 12.1 Å². The van der Waals surface area contributed by atoms with Crippen molar-refractivity contribution in [1.82, 2.24) is 4.90 Å². The number of halogens is 1. The molecule has 0 bridgehead atoms. The van der Waals surface area contributed by atoms with Gasteiger partial charge in [-0.3, -0.25) is 9.59 Å². The van der Waals surface area contributed by atoms with Crippen molar-refractivity contribution in [3.63, 3.8) is 0 Å². The lowest BCUT2D eigenvalue weighted by Gasteiger charge is -2.33. The van der Waals surface area contributed by atoms with E-state index in [-0.39, 0.29) is 36.4 Å². The number of ketones is 1. The number of amides is 1. The lowest BCUT2D eigenvalue weighted by Crippen LogP contribution is -2.38. The Morgan fingerprint density at radius 1 is 1.22 bits per heavy atom. The summed E-state index contributed by atoms with van der Waals surface area (Å²) in [7, 11) is 0. The third kappa shape index (κ3) is 3.34. The number of hydrogen-bond donors (Lipinski definition) is 0. The van der Waals surface area contributed by atoms with Gasteiger partial charge in [0.2, 0.25) is 5.91 Å². The zero-order chi connectivity index (χ0) is 16.4. The molecule has 0 spiro atoms. The minimum absolute atomic E-state index is 0.00446. The summed E-state index contributed by atoms with van der Waals surface area (Å²) in [6.45, 7) is 2.74. The van der Waals surface area contributed by atoms with Crippen LogP contribution in [-0.2, 0) is 11.2 Å². The van der Waals surface area contributed by atoms with E-state index < -0.39 is 0 Å². The third-order valence-electron chi connectivity index (χ3n) is 4.33. The molecule has 120 valence electrons. The van der Waals surface area contributed by atoms with Gasteiger partial charge < -0.3 is 4.90 Å². The second-order valence-electron chi connectivity index (χ2n) is 5.74. The molecule has 1 atom stereocenters. The third-order valence-corrected chi connectivity index (χ3v) is 5.33. The molecule has 1 aliphatic heterocycles. The number of hydrogen-bond acceptors (Lipinski definition) is 3. The predicted octanol–water partition coefficient (Wildman–Crippen LogP) is 4.00. The Labute approximate surface area is 138 Å². The van der Waals surface area contributed by atoms with E-state index in [1.165, 1.54) is 34.7 Å². The number of carbonyl (C=O) groups is 2.